The second-order valence-corrected chi connectivity index (χ2v) is 7.64. The van der Waals surface area contributed by atoms with Gasteiger partial charge in [0.15, 0.2) is 0 Å². The van der Waals surface area contributed by atoms with Gasteiger partial charge in [0, 0.05) is 36.1 Å². The highest BCUT2D eigenvalue weighted by Crippen LogP contribution is 2.23. The quantitative estimate of drug-likeness (QED) is 0.488. The van der Waals surface area contributed by atoms with Gasteiger partial charge in [0.2, 0.25) is 0 Å². The van der Waals surface area contributed by atoms with E-state index >= 15 is 0 Å². The zero-order valence-corrected chi connectivity index (χ0v) is 17.5. The van der Waals surface area contributed by atoms with Gasteiger partial charge in [0.25, 0.3) is 5.56 Å². The van der Waals surface area contributed by atoms with Crippen molar-refractivity contribution in [3.05, 3.63) is 70.0 Å². The monoisotopic (exact) mass is 435 g/mol. The molecule has 1 saturated heterocycles. The van der Waals surface area contributed by atoms with Gasteiger partial charge in [-0.3, -0.25) is 9.69 Å². The summed E-state index contributed by atoms with van der Waals surface area (Å²) < 4.78 is 25.7. The van der Waals surface area contributed by atoms with Gasteiger partial charge >= 0.3 is 0 Å². The van der Waals surface area contributed by atoms with Gasteiger partial charge in [-0.25, -0.2) is 9.37 Å². The highest BCUT2D eigenvalue weighted by Gasteiger charge is 2.14. The maximum absolute atomic E-state index is 13.6. The van der Waals surface area contributed by atoms with Crippen molar-refractivity contribution in [2.45, 2.75) is 6.54 Å². The summed E-state index contributed by atoms with van der Waals surface area (Å²) in [7, 11) is 1.65. The van der Waals surface area contributed by atoms with Gasteiger partial charge in [0.05, 0.1) is 26.5 Å². The molecule has 4 aromatic rings. The molecule has 0 bridgehead atoms. The fraction of sp³-hybridized carbons (Fsp3) is 0.261. The van der Waals surface area contributed by atoms with Crippen LogP contribution in [-0.2, 0) is 11.3 Å². The van der Waals surface area contributed by atoms with Crippen molar-refractivity contribution in [2.24, 2.45) is 5.10 Å². The molecule has 32 heavy (non-hydrogen) atoms. The zero-order chi connectivity index (χ0) is 22.1. The predicted molar refractivity (Wildman–Crippen MR) is 120 cm³/mol. The Kier molecular flexibility index (Phi) is 5.42. The van der Waals surface area contributed by atoms with Crippen LogP contribution in [0, 0.1) is 5.82 Å². The molecule has 1 fully saturated rings. The van der Waals surface area contributed by atoms with Gasteiger partial charge < -0.3 is 14.5 Å². The molecule has 0 aliphatic carbocycles. The van der Waals surface area contributed by atoms with E-state index in [1.54, 1.807) is 19.4 Å². The lowest BCUT2D eigenvalue weighted by Crippen LogP contribution is -2.35. The number of H-pyrrole nitrogens is 1. The summed E-state index contributed by atoms with van der Waals surface area (Å²) in [5.74, 6) is 0.425. The molecule has 164 valence electrons. The molecule has 2 aromatic carbocycles. The van der Waals surface area contributed by atoms with Crippen molar-refractivity contribution in [3.8, 4) is 5.75 Å². The Morgan fingerprint density at radius 3 is 2.91 bits per heavy atom. The smallest absolute Gasteiger partial charge is 0.298 e. The lowest BCUT2D eigenvalue weighted by molar-refractivity contribution is 0.0339. The second-order valence-electron chi connectivity index (χ2n) is 7.64. The van der Waals surface area contributed by atoms with Crippen molar-refractivity contribution in [1.29, 1.82) is 0 Å². The molecule has 3 heterocycles. The van der Waals surface area contributed by atoms with Crippen LogP contribution < -0.4 is 10.3 Å². The van der Waals surface area contributed by atoms with Gasteiger partial charge in [-0.05, 0) is 42.0 Å². The number of nitrogens with zero attached hydrogens (tertiary/aromatic N) is 4. The van der Waals surface area contributed by atoms with E-state index in [1.807, 2.05) is 18.2 Å². The minimum Gasteiger partial charge on any atom is -0.496 e. The molecule has 8 nitrogen and oxygen atoms in total. The van der Waals surface area contributed by atoms with Crippen molar-refractivity contribution in [1.82, 2.24) is 19.5 Å². The van der Waals surface area contributed by atoms with E-state index in [0.29, 0.717) is 16.4 Å². The minimum absolute atomic E-state index is 0.285. The average Bonchev–Trinajstić information content (AvgIpc) is 3.18. The van der Waals surface area contributed by atoms with Crippen molar-refractivity contribution in [2.75, 3.05) is 33.4 Å². The standard InChI is InChI=1S/C23H22FN5O3/c1-31-20-5-2-15(10-16(20)13-28-6-8-32-9-7-28)12-26-29-14-25-21-18-11-17(24)3-4-19(18)27-22(21)23(29)30/h2-5,10-12,14,27H,6-9,13H2,1H3. The van der Waals surface area contributed by atoms with Gasteiger partial charge in [0.1, 0.15) is 28.9 Å². The molecule has 0 spiro atoms. The van der Waals surface area contributed by atoms with E-state index in [0.717, 1.165) is 49.7 Å². The number of aromatic nitrogens is 3. The molecular weight excluding hydrogens is 413 g/mol. The molecule has 0 amide bonds. The summed E-state index contributed by atoms with van der Waals surface area (Å²) in [6.07, 6.45) is 2.96. The molecule has 1 aliphatic heterocycles. The SMILES string of the molecule is COc1ccc(C=Nn2cnc3c([nH]c4ccc(F)cc43)c2=O)cc1CN1CCOCC1. The largest absolute Gasteiger partial charge is 0.496 e. The van der Waals surface area contributed by atoms with Gasteiger partial charge in [-0.15, -0.1) is 0 Å². The first-order chi connectivity index (χ1) is 15.6. The van der Waals surface area contributed by atoms with Gasteiger partial charge in [-0.1, -0.05) is 0 Å². The molecular formula is C23H22FN5O3. The van der Waals surface area contributed by atoms with E-state index in [1.165, 1.54) is 23.1 Å². The van der Waals surface area contributed by atoms with Crippen LogP contribution in [0.5, 0.6) is 5.75 Å². The fourth-order valence-electron chi connectivity index (χ4n) is 3.93. The average molecular weight is 435 g/mol. The molecule has 9 heteroatoms. The summed E-state index contributed by atoms with van der Waals surface area (Å²) in [5, 5.41) is 4.87. The Balaban J connectivity index is 1.45. The third-order valence-corrected chi connectivity index (χ3v) is 5.58. The maximum Gasteiger partial charge on any atom is 0.298 e. The lowest BCUT2D eigenvalue weighted by Gasteiger charge is -2.27. The van der Waals surface area contributed by atoms with Gasteiger partial charge in [-0.2, -0.15) is 9.78 Å². The lowest BCUT2D eigenvalue weighted by atomic mass is 10.1. The van der Waals surface area contributed by atoms with E-state index in [4.69, 9.17) is 9.47 Å². The Labute approximate surface area is 182 Å². The first kappa shape index (κ1) is 20.3. The molecule has 0 saturated carbocycles. The van der Waals surface area contributed by atoms with E-state index < -0.39 is 0 Å². The molecule has 5 rings (SSSR count). The maximum atomic E-state index is 13.6. The van der Waals surface area contributed by atoms with Crippen LogP contribution in [0.25, 0.3) is 21.9 Å². The number of halogens is 1. The number of hydrogen-bond acceptors (Lipinski definition) is 6. The molecule has 1 N–H and O–H groups in total. The predicted octanol–water partition coefficient (Wildman–Crippen LogP) is 2.74. The van der Waals surface area contributed by atoms with Crippen molar-refractivity contribution in [3.63, 3.8) is 0 Å². The number of nitrogens with one attached hydrogen (secondary N) is 1. The minimum atomic E-state index is -0.380. The number of aromatic amines is 1. The summed E-state index contributed by atoms with van der Waals surface area (Å²) in [6.45, 7) is 3.94. The molecule has 0 atom stereocenters. The van der Waals surface area contributed by atoms with Crippen molar-refractivity contribution < 1.29 is 13.9 Å². The number of fused-ring (bicyclic) bond motifs is 3. The fourth-order valence-corrected chi connectivity index (χ4v) is 3.93. The van der Waals surface area contributed by atoms with Crippen LogP contribution in [0.3, 0.4) is 0 Å². The van der Waals surface area contributed by atoms with Crippen molar-refractivity contribution >= 4 is 28.2 Å². The number of methoxy groups -OCH3 is 1. The third-order valence-electron chi connectivity index (χ3n) is 5.58. The Morgan fingerprint density at radius 2 is 2.09 bits per heavy atom. The van der Waals surface area contributed by atoms with Crippen LogP contribution in [-0.4, -0.2) is 59.2 Å². The summed E-state index contributed by atoms with van der Waals surface area (Å²) in [5.41, 5.74) is 2.87. The second kappa shape index (κ2) is 8.52. The zero-order valence-electron chi connectivity index (χ0n) is 17.5. The number of ether oxygens (including phenoxy) is 2. The molecule has 0 radical (unpaired) electrons. The number of benzene rings is 2. The van der Waals surface area contributed by atoms with Crippen LogP contribution in [0.1, 0.15) is 11.1 Å². The van der Waals surface area contributed by atoms with Crippen LogP contribution in [0.15, 0.2) is 52.6 Å². The van der Waals surface area contributed by atoms with Crippen LogP contribution in [0.4, 0.5) is 4.39 Å². The van der Waals surface area contributed by atoms with Crippen LogP contribution >= 0.6 is 0 Å². The Hall–Kier alpha value is -3.56. The first-order valence-electron chi connectivity index (χ1n) is 10.3. The van der Waals surface area contributed by atoms with E-state index in [-0.39, 0.29) is 16.9 Å². The number of rotatable bonds is 5. The topological polar surface area (TPSA) is 84.7 Å². The number of hydrogen-bond donors (Lipinski definition) is 1. The Morgan fingerprint density at radius 1 is 1.25 bits per heavy atom. The number of morpholine rings is 1. The first-order valence-corrected chi connectivity index (χ1v) is 10.3. The molecule has 0 unspecified atom stereocenters. The summed E-state index contributed by atoms with van der Waals surface area (Å²) in [6, 6.07) is 10.1. The van der Waals surface area contributed by atoms with E-state index in [2.05, 4.69) is 20.0 Å². The third kappa shape index (κ3) is 3.88. The van der Waals surface area contributed by atoms with E-state index in [9.17, 15) is 9.18 Å². The highest BCUT2D eigenvalue weighted by atomic mass is 19.1. The summed E-state index contributed by atoms with van der Waals surface area (Å²) >= 11 is 0. The highest BCUT2D eigenvalue weighted by molar-refractivity contribution is 6.04. The molecule has 1 aliphatic rings. The Bertz CT molecular complexity index is 1370. The normalized spacial score (nSPS) is 15.2. The molecule has 2 aromatic heterocycles. The van der Waals surface area contributed by atoms with Crippen LogP contribution in [0.2, 0.25) is 0 Å². The summed E-state index contributed by atoms with van der Waals surface area (Å²) in [4.78, 5) is 22.5.